The first-order chi connectivity index (χ1) is 10.7. The highest BCUT2D eigenvalue weighted by Crippen LogP contribution is 2.31. The van der Waals surface area contributed by atoms with Gasteiger partial charge in [-0.15, -0.1) is 0 Å². The predicted octanol–water partition coefficient (Wildman–Crippen LogP) is 3.63. The Morgan fingerprint density at radius 2 is 2.14 bits per heavy atom. The molecular weight excluding hydrogens is 276 g/mol. The van der Waals surface area contributed by atoms with E-state index in [-0.39, 0.29) is 0 Å². The van der Waals surface area contributed by atoms with E-state index in [0.717, 1.165) is 43.2 Å². The van der Waals surface area contributed by atoms with Crippen LogP contribution in [0, 0.1) is 13.8 Å². The first kappa shape index (κ1) is 15.3. The van der Waals surface area contributed by atoms with Crippen LogP contribution in [0.15, 0.2) is 16.8 Å². The molecule has 2 aromatic rings. The molecule has 3 heterocycles. The molecule has 22 heavy (non-hydrogen) atoms. The van der Waals surface area contributed by atoms with Crippen molar-refractivity contribution in [3.8, 4) is 0 Å². The van der Waals surface area contributed by atoms with Gasteiger partial charge in [0.15, 0.2) is 0 Å². The van der Waals surface area contributed by atoms with Crippen LogP contribution >= 0.6 is 0 Å². The van der Waals surface area contributed by atoms with E-state index in [1.165, 1.54) is 24.8 Å². The maximum Gasteiger partial charge on any atom is 0.133 e. The highest BCUT2D eigenvalue weighted by molar-refractivity contribution is 5.17. The van der Waals surface area contributed by atoms with Gasteiger partial charge in [0, 0.05) is 30.9 Å². The molecule has 1 fully saturated rings. The van der Waals surface area contributed by atoms with Crippen molar-refractivity contribution in [3.63, 3.8) is 0 Å². The summed E-state index contributed by atoms with van der Waals surface area (Å²) in [4.78, 5) is 2.55. The maximum atomic E-state index is 5.31. The van der Waals surface area contributed by atoms with Gasteiger partial charge < -0.3 is 4.52 Å². The van der Waals surface area contributed by atoms with Gasteiger partial charge in [0.25, 0.3) is 0 Å². The van der Waals surface area contributed by atoms with E-state index in [9.17, 15) is 0 Å². The summed E-state index contributed by atoms with van der Waals surface area (Å²) in [6.07, 6.45) is 7.17. The lowest BCUT2D eigenvalue weighted by Gasteiger charge is -2.28. The Balaban J connectivity index is 1.82. The molecule has 0 radical (unpaired) electrons. The van der Waals surface area contributed by atoms with Crippen molar-refractivity contribution in [2.24, 2.45) is 0 Å². The van der Waals surface area contributed by atoms with Gasteiger partial charge in [0.1, 0.15) is 11.5 Å². The predicted molar refractivity (Wildman–Crippen MR) is 85.5 cm³/mol. The van der Waals surface area contributed by atoms with Crippen molar-refractivity contribution in [2.75, 3.05) is 6.54 Å². The zero-order valence-corrected chi connectivity index (χ0v) is 13.9. The summed E-state index contributed by atoms with van der Waals surface area (Å²) in [5.41, 5.74) is 3.55. The summed E-state index contributed by atoms with van der Waals surface area (Å²) in [6.45, 7) is 9.19. The summed E-state index contributed by atoms with van der Waals surface area (Å²) in [7, 11) is 0. The Morgan fingerprint density at radius 1 is 1.27 bits per heavy atom. The fourth-order valence-corrected chi connectivity index (χ4v) is 3.33. The number of aryl methyl sites for hydroxylation is 3. The Bertz CT molecular complexity index is 616. The molecule has 1 saturated heterocycles. The molecule has 0 amide bonds. The number of rotatable bonds is 4. The minimum atomic E-state index is 0.365. The SMILES string of the molecule is CCn1cc(CN2CCCCC[C@H]2c2cc(C)on2)c(C)n1. The van der Waals surface area contributed by atoms with E-state index in [4.69, 9.17) is 4.52 Å². The van der Waals surface area contributed by atoms with Gasteiger partial charge in [-0.05, 0) is 40.2 Å². The molecule has 1 aliphatic heterocycles. The second-order valence-electron chi connectivity index (χ2n) is 6.29. The molecule has 0 spiro atoms. The van der Waals surface area contributed by atoms with Gasteiger partial charge in [0.05, 0.1) is 11.7 Å². The van der Waals surface area contributed by atoms with Gasteiger partial charge in [-0.3, -0.25) is 9.58 Å². The fourth-order valence-electron chi connectivity index (χ4n) is 3.33. The van der Waals surface area contributed by atoms with Crippen molar-refractivity contribution in [1.29, 1.82) is 0 Å². The normalized spacial score (nSPS) is 20.2. The minimum Gasteiger partial charge on any atom is -0.361 e. The van der Waals surface area contributed by atoms with Crippen molar-refractivity contribution >= 4 is 0 Å². The maximum absolute atomic E-state index is 5.31. The summed E-state index contributed by atoms with van der Waals surface area (Å²) < 4.78 is 7.33. The van der Waals surface area contributed by atoms with Gasteiger partial charge >= 0.3 is 0 Å². The third-order valence-electron chi connectivity index (χ3n) is 4.60. The second kappa shape index (κ2) is 6.65. The Hall–Kier alpha value is -1.62. The molecule has 5 heteroatoms. The molecule has 0 unspecified atom stereocenters. The minimum absolute atomic E-state index is 0.365. The molecule has 0 bridgehead atoms. The molecule has 1 atom stereocenters. The van der Waals surface area contributed by atoms with Crippen LogP contribution in [0.5, 0.6) is 0 Å². The standard InChI is InChI=1S/C17H26N4O/c1-4-21-12-15(14(3)18-21)11-20-9-7-5-6-8-17(20)16-10-13(2)22-19-16/h10,12,17H,4-9,11H2,1-3H3/t17-/m0/s1. The average molecular weight is 302 g/mol. The van der Waals surface area contributed by atoms with Gasteiger partial charge in [-0.25, -0.2) is 0 Å². The second-order valence-corrected chi connectivity index (χ2v) is 6.29. The van der Waals surface area contributed by atoms with Crippen molar-refractivity contribution < 1.29 is 4.52 Å². The quantitative estimate of drug-likeness (QED) is 0.865. The summed E-state index contributed by atoms with van der Waals surface area (Å²) >= 11 is 0. The van der Waals surface area contributed by atoms with Crippen LogP contribution < -0.4 is 0 Å². The summed E-state index contributed by atoms with van der Waals surface area (Å²) in [5, 5.41) is 8.86. The zero-order valence-electron chi connectivity index (χ0n) is 13.9. The Labute approximate surface area is 132 Å². The van der Waals surface area contributed by atoms with Crippen LogP contribution in [0.25, 0.3) is 0 Å². The number of nitrogens with zero attached hydrogens (tertiary/aromatic N) is 4. The van der Waals surface area contributed by atoms with E-state index in [1.807, 2.05) is 11.6 Å². The number of hydrogen-bond donors (Lipinski definition) is 0. The van der Waals surface area contributed by atoms with Crippen LogP contribution in [0.1, 0.15) is 61.4 Å². The van der Waals surface area contributed by atoms with Crippen LogP contribution in [0.3, 0.4) is 0 Å². The lowest BCUT2D eigenvalue weighted by atomic mass is 10.1. The number of hydrogen-bond acceptors (Lipinski definition) is 4. The van der Waals surface area contributed by atoms with E-state index in [0.29, 0.717) is 6.04 Å². The number of likely N-dealkylation sites (tertiary alicyclic amines) is 1. The van der Waals surface area contributed by atoms with Crippen molar-refractivity contribution in [2.45, 2.75) is 65.6 Å². The van der Waals surface area contributed by atoms with Crippen molar-refractivity contribution in [1.82, 2.24) is 19.8 Å². The molecule has 0 aromatic carbocycles. The lowest BCUT2D eigenvalue weighted by Crippen LogP contribution is -2.28. The average Bonchev–Trinajstić information content (AvgIpc) is 3.00. The third-order valence-corrected chi connectivity index (χ3v) is 4.60. The Kier molecular flexibility index (Phi) is 4.62. The van der Waals surface area contributed by atoms with E-state index in [2.05, 4.69) is 41.3 Å². The fraction of sp³-hybridized carbons (Fsp3) is 0.647. The first-order valence-electron chi connectivity index (χ1n) is 8.37. The third kappa shape index (κ3) is 3.24. The van der Waals surface area contributed by atoms with Crippen molar-refractivity contribution in [3.05, 3.63) is 35.0 Å². The van der Waals surface area contributed by atoms with E-state index < -0.39 is 0 Å². The van der Waals surface area contributed by atoms with Gasteiger partial charge in [-0.1, -0.05) is 18.0 Å². The highest BCUT2D eigenvalue weighted by Gasteiger charge is 2.26. The molecule has 5 nitrogen and oxygen atoms in total. The Morgan fingerprint density at radius 3 is 2.82 bits per heavy atom. The summed E-state index contributed by atoms with van der Waals surface area (Å²) in [6, 6.07) is 2.45. The van der Waals surface area contributed by atoms with Gasteiger partial charge in [0.2, 0.25) is 0 Å². The molecule has 120 valence electrons. The molecule has 0 saturated carbocycles. The van der Waals surface area contributed by atoms with Crippen LogP contribution in [0.2, 0.25) is 0 Å². The zero-order chi connectivity index (χ0) is 15.5. The lowest BCUT2D eigenvalue weighted by molar-refractivity contribution is 0.183. The number of aromatic nitrogens is 3. The largest absolute Gasteiger partial charge is 0.361 e. The molecular formula is C17H26N4O. The van der Waals surface area contributed by atoms with Gasteiger partial charge in [-0.2, -0.15) is 5.10 Å². The van der Waals surface area contributed by atoms with Crippen LogP contribution in [0.4, 0.5) is 0 Å². The van der Waals surface area contributed by atoms with E-state index in [1.54, 1.807) is 0 Å². The van der Waals surface area contributed by atoms with Crippen LogP contribution in [-0.4, -0.2) is 26.4 Å². The molecule has 3 rings (SSSR count). The highest BCUT2D eigenvalue weighted by atomic mass is 16.5. The van der Waals surface area contributed by atoms with E-state index >= 15 is 0 Å². The topological polar surface area (TPSA) is 47.1 Å². The first-order valence-corrected chi connectivity index (χ1v) is 8.37. The molecule has 0 N–H and O–H groups in total. The monoisotopic (exact) mass is 302 g/mol. The molecule has 2 aromatic heterocycles. The molecule has 1 aliphatic rings. The molecule has 0 aliphatic carbocycles. The smallest absolute Gasteiger partial charge is 0.133 e. The van der Waals surface area contributed by atoms with Crippen LogP contribution in [-0.2, 0) is 13.1 Å². The summed E-state index contributed by atoms with van der Waals surface area (Å²) in [5.74, 6) is 0.897.